The van der Waals surface area contributed by atoms with Gasteiger partial charge >= 0.3 is 0 Å². The first kappa shape index (κ1) is 19.1. The van der Waals surface area contributed by atoms with E-state index in [4.69, 9.17) is 0 Å². The van der Waals surface area contributed by atoms with Crippen molar-refractivity contribution in [2.75, 3.05) is 13.1 Å². The maximum absolute atomic E-state index is 12.7. The second-order valence-electron chi connectivity index (χ2n) is 5.77. The number of unbranched alkanes of at least 4 members (excludes halogenated alkanes) is 6. The molecule has 124 valence electrons. The maximum Gasteiger partial charge on any atom is 0.272 e. The van der Waals surface area contributed by atoms with Gasteiger partial charge in [0.25, 0.3) is 5.91 Å². The molecule has 0 saturated carbocycles. The molecule has 1 aromatic heterocycles. The highest BCUT2D eigenvalue weighted by Gasteiger charge is 2.16. The van der Waals surface area contributed by atoms with E-state index in [9.17, 15) is 4.79 Å². The van der Waals surface area contributed by atoms with Gasteiger partial charge in [-0.2, -0.15) is 0 Å². The zero-order valence-electron chi connectivity index (χ0n) is 14.0. The summed E-state index contributed by atoms with van der Waals surface area (Å²) in [4.78, 5) is 18.9. The van der Waals surface area contributed by atoms with Crippen LogP contribution in [0.2, 0.25) is 0 Å². The molecule has 0 aliphatic heterocycles. The summed E-state index contributed by atoms with van der Waals surface area (Å²) in [5.41, 5.74) is 0.542. The zero-order valence-corrected chi connectivity index (χ0v) is 15.6. The van der Waals surface area contributed by atoms with Crippen molar-refractivity contribution in [2.24, 2.45) is 0 Å². The third kappa shape index (κ3) is 7.39. The lowest BCUT2D eigenvalue weighted by atomic mass is 10.1. The van der Waals surface area contributed by atoms with Gasteiger partial charge < -0.3 is 4.90 Å². The van der Waals surface area contributed by atoms with Crippen LogP contribution in [0.25, 0.3) is 0 Å². The monoisotopic (exact) mass is 368 g/mol. The Morgan fingerprint density at radius 1 is 1.05 bits per heavy atom. The Morgan fingerprint density at radius 2 is 1.64 bits per heavy atom. The molecule has 0 spiro atoms. The Kier molecular flexibility index (Phi) is 10.1. The molecule has 1 rings (SSSR count). The first-order valence-corrected chi connectivity index (χ1v) is 9.39. The number of hydrogen-bond acceptors (Lipinski definition) is 2. The van der Waals surface area contributed by atoms with Gasteiger partial charge in [-0.3, -0.25) is 9.78 Å². The van der Waals surface area contributed by atoms with Crippen molar-refractivity contribution < 1.29 is 4.79 Å². The number of aromatic nitrogens is 1. The van der Waals surface area contributed by atoms with E-state index >= 15 is 0 Å². The van der Waals surface area contributed by atoms with Crippen LogP contribution in [-0.2, 0) is 0 Å². The molecule has 1 aromatic rings. The van der Waals surface area contributed by atoms with Crippen molar-refractivity contribution in [2.45, 2.75) is 65.2 Å². The smallest absolute Gasteiger partial charge is 0.272 e. The van der Waals surface area contributed by atoms with E-state index in [0.717, 1.165) is 30.4 Å². The lowest BCUT2D eigenvalue weighted by Crippen LogP contribution is -2.33. The summed E-state index contributed by atoms with van der Waals surface area (Å²) < 4.78 is 0.905. The molecule has 0 aromatic carbocycles. The van der Waals surface area contributed by atoms with E-state index in [1.807, 2.05) is 17.0 Å². The predicted molar refractivity (Wildman–Crippen MR) is 96.1 cm³/mol. The highest BCUT2D eigenvalue weighted by molar-refractivity contribution is 9.10. The molecule has 0 aliphatic rings. The number of rotatable bonds is 11. The molecule has 3 nitrogen and oxygen atoms in total. The van der Waals surface area contributed by atoms with Gasteiger partial charge in [0.1, 0.15) is 5.69 Å². The lowest BCUT2D eigenvalue weighted by Gasteiger charge is -2.22. The molecule has 0 fully saturated rings. The fourth-order valence-electron chi connectivity index (χ4n) is 2.46. The van der Waals surface area contributed by atoms with Crippen LogP contribution < -0.4 is 0 Å². The fourth-order valence-corrected chi connectivity index (χ4v) is 2.79. The minimum Gasteiger partial charge on any atom is -0.337 e. The average molecular weight is 369 g/mol. The van der Waals surface area contributed by atoms with Crippen molar-refractivity contribution in [3.8, 4) is 0 Å². The number of carbonyl (C=O) groups is 1. The molecule has 4 heteroatoms. The Hall–Kier alpha value is -0.900. The van der Waals surface area contributed by atoms with Gasteiger partial charge in [-0.05, 0) is 25.0 Å². The summed E-state index contributed by atoms with van der Waals surface area (Å²) in [6, 6.07) is 3.66. The number of nitrogens with zero attached hydrogens (tertiary/aromatic N) is 2. The van der Waals surface area contributed by atoms with Crippen molar-refractivity contribution in [3.63, 3.8) is 0 Å². The van der Waals surface area contributed by atoms with Gasteiger partial charge in [0, 0.05) is 23.8 Å². The topological polar surface area (TPSA) is 33.2 Å². The van der Waals surface area contributed by atoms with E-state index < -0.39 is 0 Å². The third-order valence-electron chi connectivity index (χ3n) is 3.79. The molecule has 0 unspecified atom stereocenters. The number of hydrogen-bond donors (Lipinski definition) is 0. The predicted octanol–water partition coefficient (Wildman–Crippen LogP) is 5.45. The van der Waals surface area contributed by atoms with Crippen LogP contribution in [0.4, 0.5) is 0 Å². The summed E-state index contributed by atoms with van der Waals surface area (Å²) in [7, 11) is 0. The molecular weight excluding hydrogens is 340 g/mol. The average Bonchev–Trinajstić information content (AvgIpc) is 2.53. The molecule has 1 heterocycles. The largest absolute Gasteiger partial charge is 0.337 e. The SMILES string of the molecule is CCCCCCN(CCCCCC)C(=O)c1cc(Br)ccn1. The van der Waals surface area contributed by atoms with Crippen LogP contribution in [0, 0.1) is 0 Å². The Bertz CT molecular complexity index is 425. The Balaban J connectivity index is 2.59. The fraction of sp³-hybridized carbons (Fsp3) is 0.667. The van der Waals surface area contributed by atoms with Crippen molar-refractivity contribution in [1.82, 2.24) is 9.88 Å². The first-order chi connectivity index (χ1) is 10.7. The lowest BCUT2D eigenvalue weighted by molar-refractivity contribution is 0.0743. The van der Waals surface area contributed by atoms with Crippen LogP contribution in [0.5, 0.6) is 0 Å². The van der Waals surface area contributed by atoms with E-state index in [2.05, 4.69) is 34.8 Å². The molecule has 22 heavy (non-hydrogen) atoms. The summed E-state index contributed by atoms with van der Waals surface area (Å²) in [5, 5.41) is 0. The van der Waals surface area contributed by atoms with Gasteiger partial charge in [0.2, 0.25) is 0 Å². The summed E-state index contributed by atoms with van der Waals surface area (Å²) in [6.07, 6.45) is 11.2. The zero-order chi connectivity index (χ0) is 16.2. The van der Waals surface area contributed by atoms with Crippen molar-refractivity contribution in [3.05, 3.63) is 28.5 Å². The number of carbonyl (C=O) groups excluding carboxylic acids is 1. The van der Waals surface area contributed by atoms with E-state index in [-0.39, 0.29) is 5.91 Å². The van der Waals surface area contributed by atoms with Crippen LogP contribution in [0.1, 0.15) is 75.7 Å². The molecule has 0 bridgehead atoms. The second-order valence-corrected chi connectivity index (χ2v) is 6.69. The van der Waals surface area contributed by atoms with E-state index in [1.165, 1.54) is 38.5 Å². The molecule has 1 amide bonds. The first-order valence-electron chi connectivity index (χ1n) is 8.59. The van der Waals surface area contributed by atoms with Gasteiger partial charge in [0.05, 0.1) is 0 Å². The van der Waals surface area contributed by atoms with Gasteiger partial charge in [0.15, 0.2) is 0 Å². The highest BCUT2D eigenvalue weighted by atomic mass is 79.9. The molecule has 0 saturated heterocycles. The van der Waals surface area contributed by atoms with Crippen LogP contribution >= 0.6 is 15.9 Å². The maximum atomic E-state index is 12.7. The highest BCUT2D eigenvalue weighted by Crippen LogP contribution is 2.13. The Labute approximate surface area is 143 Å². The quantitative estimate of drug-likeness (QED) is 0.486. The van der Waals surface area contributed by atoms with Gasteiger partial charge in [-0.15, -0.1) is 0 Å². The molecule has 0 radical (unpaired) electrons. The molecular formula is C18H29BrN2O. The van der Waals surface area contributed by atoms with Crippen molar-refractivity contribution >= 4 is 21.8 Å². The summed E-state index contributed by atoms with van der Waals surface area (Å²) in [5.74, 6) is 0.0642. The van der Waals surface area contributed by atoms with Crippen LogP contribution in [0.15, 0.2) is 22.8 Å². The minimum absolute atomic E-state index is 0.0642. The summed E-state index contributed by atoms with van der Waals surface area (Å²) in [6.45, 7) is 6.11. The minimum atomic E-state index is 0.0642. The van der Waals surface area contributed by atoms with Crippen molar-refractivity contribution in [1.29, 1.82) is 0 Å². The van der Waals surface area contributed by atoms with E-state index in [0.29, 0.717) is 5.69 Å². The number of pyridine rings is 1. The second kappa shape index (κ2) is 11.6. The van der Waals surface area contributed by atoms with Crippen LogP contribution in [0.3, 0.4) is 0 Å². The Morgan fingerprint density at radius 3 is 2.14 bits per heavy atom. The van der Waals surface area contributed by atoms with Gasteiger partial charge in [-0.1, -0.05) is 68.3 Å². The standard InChI is InChI=1S/C18H29BrN2O/c1-3-5-7-9-13-21(14-10-8-6-4-2)18(22)17-15-16(19)11-12-20-17/h11-12,15H,3-10,13-14H2,1-2H3. The molecule has 0 atom stereocenters. The number of amides is 1. The molecule has 0 aliphatic carbocycles. The summed E-state index contributed by atoms with van der Waals surface area (Å²) >= 11 is 3.42. The van der Waals surface area contributed by atoms with E-state index in [1.54, 1.807) is 6.20 Å². The van der Waals surface area contributed by atoms with Crippen LogP contribution in [-0.4, -0.2) is 28.9 Å². The number of halogens is 1. The normalized spacial score (nSPS) is 10.7. The molecule has 0 N–H and O–H groups in total. The third-order valence-corrected chi connectivity index (χ3v) is 4.28. The van der Waals surface area contributed by atoms with Gasteiger partial charge in [-0.25, -0.2) is 0 Å².